The molecule has 0 aliphatic carbocycles. The highest BCUT2D eigenvalue weighted by Gasteiger charge is 2.26. The SMILES string of the molecule is Nc1cc(N)cc(C(=O)OCCCCCOc2ccc(/C=C/C(=O)Oc3ccc(OCCCC(F)(F)F)cc3)cc2)c1. The van der Waals surface area contributed by atoms with Crippen LogP contribution in [0.4, 0.5) is 24.5 Å². The summed E-state index contributed by atoms with van der Waals surface area (Å²) in [5, 5.41) is 0. The molecule has 0 heterocycles. The lowest BCUT2D eigenvalue weighted by molar-refractivity contribution is -0.136. The van der Waals surface area contributed by atoms with Gasteiger partial charge in [-0.05, 0) is 91.9 Å². The minimum absolute atomic E-state index is 0.0625. The van der Waals surface area contributed by atoms with Gasteiger partial charge in [-0.2, -0.15) is 13.2 Å². The highest BCUT2D eigenvalue weighted by atomic mass is 19.4. The monoisotopic (exact) mass is 586 g/mol. The second kappa shape index (κ2) is 15.9. The van der Waals surface area contributed by atoms with Crippen molar-refractivity contribution in [2.24, 2.45) is 0 Å². The molecule has 0 unspecified atom stereocenters. The van der Waals surface area contributed by atoms with E-state index in [0.29, 0.717) is 41.5 Å². The van der Waals surface area contributed by atoms with Crippen molar-refractivity contribution in [3.63, 3.8) is 0 Å². The van der Waals surface area contributed by atoms with Gasteiger partial charge >= 0.3 is 18.1 Å². The molecule has 0 spiro atoms. The number of rotatable bonds is 15. The van der Waals surface area contributed by atoms with E-state index in [2.05, 4.69) is 0 Å². The largest absolute Gasteiger partial charge is 0.494 e. The molecule has 3 aromatic rings. The summed E-state index contributed by atoms with van der Waals surface area (Å²) in [6.07, 6.45) is -0.0813. The molecule has 11 heteroatoms. The van der Waals surface area contributed by atoms with Crippen LogP contribution in [0.1, 0.15) is 48.0 Å². The Hall–Kier alpha value is -4.67. The summed E-state index contributed by atoms with van der Waals surface area (Å²) in [6.45, 7) is 0.719. The minimum atomic E-state index is -4.20. The molecule has 224 valence electrons. The van der Waals surface area contributed by atoms with Gasteiger partial charge in [0.05, 0.1) is 25.4 Å². The van der Waals surface area contributed by atoms with Crippen LogP contribution >= 0.6 is 0 Å². The first kappa shape index (κ1) is 31.9. The molecule has 0 aromatic heterocycles. The van der Waals surface area contributed by atoms with Gasteiger partial charge in [-0.3, -0.25) is 0 Å². The van der Waals surface area contributed by atoms with Gasteiger partial charge in [0.15, 0.2) is 0 Å². The third-order valence-corrected chi connectivity index (χ3v) is 5.71. The number of alkyl halides is 3. The lowest BCUT2D eigenvalue weighted by Crippen LogP contribution is -2.09. The maximum absolute atomic E-state index is 12.2. The number of anilines is 2. The summed E-state index contributed by atoms with van der Waals surface area (Å²) in [7, 11) is 0. The van der Waals surface area contributed by atoms with E-state index in [1.54, 1.807) is 36.4 Å². The average molecular weight is 587 g/mol. The smallest absolute Gasteiger partial charge is 0.389 e. The van der Waals surface area contributed by atoms with E-state index in [-0.39, 0.29) is 25.4 Å². The predicted molar refractivity (Wildman–Crippen MR) is 153 cm³/mol. The maximum atomic E-state index is 12.2. The van der Waals surface area contributed by atoms with Crippen LogP contribution in [0.3, 0.4) is 0 Å². The molecule has 4 N–H and O–H groups in total. The van der Waals surface area contributed by atoms with E-state index >= 15 is 0 Å². The van der Waals surface area contributed by atoms with Crippen molar-refractivity contribution in [2.45, 2.75) is 38.3 Å². The zero-order chi connectivity index (χ0) is 30.4. The van der Waals surface area contributed by atoms with Crippen LogP contribution in [0.15, 0.2) is 72.8 Å². The number of halogens is 3. The van der Waals surface area contributed by atoms with E-state index in [4.69, 9.17) is 30.4 Å². The predicted octanol–water partition coefficient (Wildman–Crippen LogP) is 6.60. The number of nitrogen functional groups attached to an aromatic ring is 2. The Kier molecular flexibility index (Phi) is 12.1. The van der Waals surface area contributed by atoms with Crippen molar-refractivity contribution >= 4 is 29.4 Å². The van der Waals surface area contributed by atoms with E-state index in [0.717, 1.165) is 18.4 Å². The summed E-state index contributed by atoms with van der Waals surface area (Å²) >= 11 is 0. The van der Waals surface area contributed by atoms with E-state index < -0.39 is 24.5 Å². The summed E-state index contributed by atoms with van der Waals surface area (Å²) < 4.78 is 58.0. The first-order valence-electron chi connectivity index (χ1n) is 13.3. The Balaban J connectivity index is 1.29. The highest BCUT2D eigenvalue weighted by Crippen LogP contribution is 2.23. The topological polar surface area (TPSA) is 123 Å². The van der Waals surface area contributed by atoms with Gasteiger partial charge < -0.3 is 30.4 Å². The molecule has 0 aliphatic heterocycles. The number of nitrogens with two attached hydrogens (primary N) is 2. The molecule has 0 saturated heterocycles. The van der Waals surface area contributed by atoms with Crippen molar-refractivity contribution in [1.82, 2.24) is 0 Å². The number of ether oxygens (including phenoxy) is 4. The molecule has 42 heavy (non-hydrogen) atoms. The Morgan fingerprint density at radius 2 is 1.26 bits per heavy atom. The van der Waals surface area contributed by atoms with Crippen LogP contribution in [0, 0.1) is 0 Å². The normalized spacial score (nSPS) is 11.3. The quantitative estimate of drug-likeness (QED) is 0.0672. The van der Waals surface area contributed by atoms with Crippen LogP contribution in [0.25, 0.3) is 6.08 Å². The van der Waals surface area contributed by atoms with Crippen LogP contribution in [-0.2, 0) is 9.53 Å². The van der Waals surface area contributed by atoms with Crippen LogP contribution in [0.5, 0.6) is 17.2 Å². The lowest BCUT2D eigenvalue weighted by atomic mass is 10.2. The molecule has 0 fully saturated rings. The second-order valence-electron chi connectivity index (χ2n) is 9.30. The first-order chi connectivity index (χ1) is 20.1. The molecular formula is C31H33F3N2O6. The molecule has 0 bridgehead atoms. The third-order valence-electron chi connectivity index (χ3n) is 5.71. The molecular weight excluding hydrogens is 553 g/mol. The standard InChI is InChI=1S/C31H33F3N2O6/c32-31(33,34)15-4-18-40-27-10-12-28(13-11-27)42-29(37)14-7-22-5-8-26(9-6-22)39-16-2-1-3-17-41-30(38)23-19-24(35)21-25(36)20-23/h5-14,19-21H,1-4,15-18,35-36H2/b14-7+. The molecule has 0 saturated carbocycles. The van der Waals surface area contributed by atoms with Gasteiger partial charge in [0.2, 0.25) is 0 Å². The van der Waals surface area contributed by atoms with Gasteiger partial charge in [-0.25, -0.2) is 9.59 Å². The van der Waals surface area contributed by atoms with Crippen molar-refractivity contribution in [3.8, 4) is 17.2 Å². The molecule has 0 amide bonds. The molecule has 3 rings (SSSR count). The van der Waals surface area contributed by atoms with Gasteiger partial charge in [0, 0.05) is 23.9 Å². The Bertz CT molecular complexity index is 1310. The summed E-state index contributed by atoms with van der Waals surface area (Å²) in [5.41, 5.74) is 13.3. The number of esters is 2. The maximum Gasteiger partial charge on any atom is 0.389 e. The molecule has 3 aromatic carbocycles. The van der Waals surface area contributed by atoms with E-state index in [1.807, 2.05) is 0 Å². The number of carbonyl (C=O) groups is 2. The molecule has 0 aliphatic rings. The van der Waals surface area contributed by atoms with Gasteiger partial charge in [0.25, 0.3) is 0 Å². The summed E-state index contributed by atoms with van der Waals surface area (Å²) in [6, 6.07) is 17.8. The van der Waals surface area contributed by atoms with Crippen molar-refractivity contribution in [2.75, 3.05) is 31.3 Å². The Morgan fingerprint density at radius 3 is 1.88 bits per heavy atom. The molecule has 0 atom stereocenters. The highest BCUT2D eigenvalue weighted by molar-refractivity contribution is 5.91. The van der Waals surface area contributed by atoms with Crippen molar-refractivity contribution in [3.05, 3.63) is 83.9 Å². The molecule has 8 nitrogen and oxygen atoms in total. The first-order valence-corrected chi connectivity index (χ1v) is 13.3. The zero-order valence-corrected chi connectivity index (χ0v) is 22.9. The summed E-state index contributed by atoms with van der Waals surface area (Å²) in [5.74, 6) is 0.297. The third kappa shape index (κ3) is 12.2. The number of hydrogen-bond acceptors (Lipinski definition) is 8. The zero-order valence-electron chi connectivity index (χ0n) is 22.9. The van der Waals surface area contributed by atoms with Gasteiger partial charge in [-0.15, -0.1) is 0 Å². The van der Waals surface area contributed by atoms with Gasteiger partial charge in [0.1, 0.15) is 17.2 Å². The lowest BCUT2D eigenvalue weighted by Gasteiger charge is -2.08. The van der Waals surface area contributed by atoms with Crippen LogP contribution < -0.4 is 25.7 Å². The minimum Gasteiger partial charge on any atom is -0.494 e. The fraction of sp³-hybridized carbons (Fsp3) is 0.290. The molecule has 0 radical (unpaired) electrons. The second-order valence-corrected chi connectivity index (χ2v) is 9.30. The number of unbranched alkanes of at least 4 members (excludes halogenated alkanes) is 2. The summed E-state index contributed by atoms with van der Waals surface area (Å²) in [4.78, 5) is 24.2. The Labute approximate surface area is 242 Å². The van der Waals surface area contributed by atoms with Crippen LogP contribution in [0.2, 0.25) is 0 Å². The van der Waals surface area contributed by atoms with E-state index in [9.17, 15) is 22.8 Å². The van der Waals surface area contributed by atoms with E-state index in [1.165, 1.54) is 42.5 Å². The van der Waals surface area contributed by atoms with Crippen molar-refractivity contribution < 1.29 is 41.7 Å². The fourth-order valence-corrected chi connectivity index (χ4v) is 3.67. The van der Waals surface area contributed by atoms with Gasteiger partial charge in [-0.1, -0.05) is 12.1 Å². The number of benzene rings is 3. The van der Waals surface area contributed by atoms with Crippen LogP contribution in [-0.4, -0.2) is 37.9 Å². The number of carbonyl (C=O) groups excluding carboxylic acids is 2. The van der Waals surface area contributed by atoms with Crippen molar-refractivity contribution in [1.29, 1.82) is 0 Å². The Morgan fingerprint density at radius 1 is 0.714 bits per heavy atom. The average Bonchev–Trinajstić information content (AvgIpc) is 2.94. The number of hydrogen-bond donors (Lipinski definition) is 2. The fourth-order valence-electron chi connectivity index (χ4n) is 3.67.